The lowest BCUT2D eigenvalue weighted by atomic mass is 9.70. The van der Waals surface area contributed by atoms with Gasteiger partial charge in [0, 0.05) is 43.3 Å². The number of amides is 1. The molecule has 1 saturated carbocycles. The lowest BCUT2D eigenvalue weighted by molar-refractivity contribution is 0.0132. The molecule has 228 valence electrons. The van der Waals surface area contributed by atoms with Crippen LogP contribution in [0.4, 0.5) is 5.69 Å². The van der Waals surface area contributed by atoms with Gasteiger partial charge in [0.25, 0.3) is 5.91 Å². The number of nitrogens with zero attached hydrogens (tertiary/aromatic N) is 1. The Kier molecular flexibility index (Phi) is 9.82. The number of anilines is 1. The standard InChI is InChI=1S/C32H41ClN2O6S/c1-21-15-22(19-36)6-12-30(40-2)28-11-8-25(28)18-35-14-4-3-5-23-16-27(33)10-7-26(23)20-41-31-13-9-24(17-29(31)35)32(37)34-42(21,38)39/h6-7,9-10,12-13,16-17,21-22,25,28,30,36H,3-5,8,11,14-15,18-20H2,1-2H3,(H,34,37)/b12-6+/t21-,22+,25-,28+,30-/m0/s1. The summed E-state index contributed by atoms with van der Waals surface area (Å²) < 4.78 is 40.8. The fraction of sp³-hybridized carbons (Fsp3) is 0.531. The number of aliphatic hydroxyl groups excluding tert-OH is 1. The predicted molar refractivity (Wildman–Crippen MR) is 165 cm³/mol. The second kappa shape index (κ2) is 13.4. The zero-order chi connectivity index (χ0) is 29.9. The Hall–Kier alpha value is -2.59. The van der Waals surface area contributed by atoms with Gasteiger partial charge in [-0.05, 0) is 98.7 Å². The number of ether oxygens (including phenoxy) is 2. The number of aryl methyl sites for hydroxylation is 1. The predicted octanol–water partition coefficient (Wildman–Crippen LogP) is 5.12. The van der Waals surface area contributed by atoms with Crippen LogP contribution in [0.1, 0.15) is 60.5 Å². The average molecular weight is 617 g/mol. The summed E-state index contributed by atoms with van der Waals surface area (Å²) in [5, 5.41) is 9.80. The van der Waals surface area contributed by atoms with Gasteiger partial charge in [-0.15, -0.1) is 0 Å². The molecule has 1 amide bonds. The molecule has 1 aliphatic carbocycles. The number of benzene rings is 2. The number of rotatable bonds is 2. The number of fused-ring (bicyclic) bond motifs is 3. The van der Waals surface area contributed by atoms with Crippen LogP contribution in [-0.4, -0.2) is 57.6 Å². The summed E-state index contributed by atoms with van der Waals surface area (Å²) in [6.45, 7) is 3.25. The van der Waals surface area contributed by atoms with Crippen LogP contribution in [0.5, 0.6) is 5.75 Å². The third-order valence-corrected chi connectivity index (χ3v) is 11.0. The number of nitrogens with one attached hydrogen (secondary N) is 1. The quantitative estimate of drug-likeness (QED) is 0.451. The third kappa shape index (κ3) is 6.96. The second-order valence-electron chi connectivity index (χ2n) is 11.8. The molecule has 42 heavy (non-hydrogen) atoms. The monoisotopic (exact) mass is 616 g/mol. The fourth-order valence-corrected chi connectivity index (χ4v) is 7.61. The highest BCUT2D eigenvalue weighted by Crippen LogP contribution is 2.41. The van der Waals surface area contributed by atoms with Gasteiger partial charge in [-0.2, -0.15) is 0 Å². The summed E-state index contributed by atoms with van der Waals surface area (Å²) in [5.41, 5.74) is 3.29. The summed E-state index contributed by atoms with van der Waals surface area (Å²) in [5.74, 6) is 0.259. The van der Waals surface area contributed by atoms with E-state index < -0.39 is 21.2 Å². The van der Waals surface area contributed by atoms with Gasteiger partial charge >= 0.3 is 0 Å². The van der Waals surface area contributed by atoms with Gasteiger partial charge in [-0.3, -0.25) is 4.79 Å². The number of carbonyl (C=O) groups excluding carboxylic acids is 1. The van der Waals surface area contributed by atoms with Crippen molar-refractivity contribution in [3.63, 3.8) is 0 Å². The normalized spacial score (nSPS) is 29.0. The van der Waals surface area contributed by atoms with Crippen molar-refractivity contribution in [1.29, 1.82) is 0 Å². The first-order chi connectivity index (χ1) is 20.2. The van der Waals surface area contributed by atoms with Crippen molar-refractivity contribution >= 4 is 33.2 Å². The Balaban J connectivity index is 1.54. The van der Waals surface area contributed by atoms with E-state index in [1.807, 2.05) is 30.4 Å². The zero-order valence-electron chi connectivity index (χ0n) is 24.3. The minimum atomic E-state index is -3.99. The lowest BCUT2D eigenvalue weighted by Gasteiger charge is -2.43. The van der Waals surface area contributed by atoms with E-state index in [-0.39, 0.29) is 30.6 Å². The number of hydrogen-bond donors (Lipinski definition) is 2. The molecule has 1 fully saturated rings. The molecule has 0 radical (unpaired) electrons. The first-order valence-electron chi connectivity index (χ1n) is 14.9. The topological polar surface area (TPSA) is 105 Å². The van der Waals surface area contributed by atoms with Crippen molar-refractivity contribution in [3.05, 3.63) is 70.3 Å². The molecule has 0 unspecified atom stereocenters. The Labute approximate surface area is 254 Å². The van der Waals surface area contributed by atoms with Crippen LogP contribution in [-0.2, 0) is 27.8 Å². The number of sulfonamides is 1. The summed E-state index contributed by atoms with van der Waals surface area (Å²) in [6.07, 6.45) is 8.77. The van der Waals surface area contributed by atoms with E-state index in [1.54, 1.807) is 32.2 Å². The summed E-state index contributed by atoms with van der Waals surface area (Å²) in [4.78, 5) is 15.6. The molecule has 2 heterocycles. The molecule has 8 nitrogen and oxygen atoms in total. The van der Waals surface area contributed by atoms with Crippen LogP contribution in [0.15, 0.2) is 48.6 Å². The highest BCUT2D eigenvalue weighted by atomic mass is 35.5. The summed E-state index contributed by atoms with van der Waals surface area (Å²) in [7, 11) is -2.29. The number of halogens is 1. The highest BCUT2D eigenvalue weighted by Gasteiger charge is 2.38. The lowest BCUT2D eigenvalue weighted by Crippen LogP contribution is -2.44. The molecule has 0 saturated heterocycles. The molecule has 0 spiro atoms. The molecule has 2 aliphatic heterocycles. The van der Waals surface area contributed by atoms with Gasteiger partial charge in [-0.25, -0.2) is 13.1 Å². The van der Waals surface area contributed by atoms with Crippen LogP contribution in [0.25, 0.3) is 0 Å². The van der Waals surface area contributed by atoms with Gasteiger partial charge in [-0.1, -0.05) is 29.8 Å². The number of carbonyl (C=O) groups is 1. The number of hydrogen-bond acceptors (Lipinski definition) is 7. The van der Waals surface area contributed by atoms with Gasteiger partial charge in [0.15, 0.2) is 0 Å². The van der Waals surface area contributed by atoms with Crippen molar-refractivity contribution in [1.82, 2.24) is 4.72 Å². The molecule has 3 aliphatic rings. The largest absolute Gasteiger partial charge is 0.487 e. The van der Waals surface area contributed by atoms with E-state index >= 15 is 0 Å². The molecule has 2 aromatic rings. The molecule has 5 rings (SSSR count). The van der Waals surface area contributed by atoms with E-state index in [4.69, 9.17) is 21.1 Å². The Morgan fingerprint density at radius 1 is 1.12 bits per heavy atom. The second-order valence-corrected chi connectivity index (χ2v) is 14.4. The average Bonchev–Trinajstić information content (AvgIpc) is 2.98. The van der Waals surface area contributed by atoms with E-state index in [2.05, 4.69) is 9.62 Å². The molecule has 2 N–H and O–H groups in total. The maximum absolute atomic E-state index is 13.3. The van der Waals surface area contributed by atoms with Crippen molar-refractivity contribution < 1.29 is 27.8 Å². The number of aliphatic hydroxyl groups is 1. The molecular weight excluding hydrogens is 576 g/mol. The van der Waals surface area contributed by atoms with Crippen molar-refractivity contribution in [2.75, 3.05) is 31.7 Å². The van der Waals surface area contributed by atoms with Crippen molar-refractivity contribution in [2.45, 2.75) is 63.4 Å². The summed E-state index contributed by atoms with van der Waals surface area (Å²) in [6, 6.07) is 11.0. The third-order valence-electron chi connectivity index (χ3n) is 9.07. The first-order valence-corrected chi connectivity index (χ1v) is 16.8. The van der Waals surface area contributed by atoms with Crippen LogP contribution >= 0.6 is 11.6 Å². The maximum atomic E-state index is 13.3. The Morgan fingerprint density at radius 3 is 2.69 bits per heavy atom. The van der Waals surface area contributed by atoms with Crippen LogP contribution in [0, 0.1) is 17.8 Å². The molecule has 0 aromatic heterocycles. The minimum Gasteiger partial charge on any atom is -0.487 e. The van der Waals surface area contributed by atoms with Crippen LogP contribution in [0.2, 0.25) is 5.02 Å². The van der Waals surface area contributed by atoms with Crippen molar-refractivity contribution in [3.8, 4) is 5.75 Å². The van der Waals surface area contributed by atoms with Crippen LogP contribution in [0.3, 0.4) is 0 Å². The SMILES string of the molecule is CO[C@H]1/C=C/[C@@H](CO)C[C@H](C)S(=O)(=O)NC(=O)c2ccc3c(c2)N(CCCCc2cc(Cl)ccc2CO3)C[C@@H]2CC[C@H]21. The molecule has 10 heteroatoms. The number of methoxy groups -OCH3 is 1. The molecule has 2 bridgehead atoms. The Bertz CT molecular complexity index is 1410. The van der Waals surface area contributed by atoms with Crippen molar-refractivity contribution in [2.24, 2.45) is 17.8 Å². The minimum absolute atomic E-state index is 0.137. The van der Waals surface area contributed by atoms with E-state index in [0.29, 0.717) is 29.2 Å². The van der Waals surface area contributed by atoms with E-state index in [0.717, 1.165) is 56.4 Å². The van der Waals surface area contributed by atoms with Gasteiger partial charge in [0.2, 0.25) is 10.0 Å². The first kappa shape index (κ1) is 30.9. The molecule has 2 aromatic carbocycles. The van der Waals surface area contributed by atoms with Gasteiger partial charge in [0.05, 0.1) is 17.0 Å². The maximum Gasteiger partial charge on any atom is 0.264 e. The van der Waals surface area contributed by atoms with Gasteiger partial charge in [0.1, 0.15) is 12.4 Å². The Morgan fingerprint density at radius 2 is 1.95 bits per heavy atom. The molecular formula is C32H41ClN2O6S. The fourth-order valence-electron chi connectivity index (χ4n) is 6.34. The zero-order valence-corrected chi connectivity index (χ0v) is 25.9. The van der Waals surface area contributed by atoms with Crippen LogP contribution < -0.4 is 14.4 Å². The highest BCUT2D eigenvalue weighted by molar-refractivity contribution is 7.90. The molecule has 5 atom stereocenters. The van der Waals surface area contributed by atoms with Gasteiger partial charge < -0.3 is 19.5 Å². The van der Waals surface area contributed by atoms with E-state index in [9.17, 15) is 18.3 Å². The summed E-state index contributed by atoms with van der Waals surface area (Å²) >= 11 is 6.31. The van der Waals surface area contributed by atoms with E-state index in [1.165, 1.54) is 5.56 Å². The smallest absolute Gasteiger partial charge is 0.264 e.